The van der Waals surface area contributed by atoms with Gasteiger partial charge in [0.25, 0.3) is 0 Å². The summed E-state index contributed by atoms with van der Waals surface area (Å²) in [5.41, 5.74) is 3.76. The number of aliphatic hydroxyl groups excluding tert-OH is 1. The first-order valence-corrected chi connectivity index (χ1v) is 6.43. The van der Waals surface area contributed by atoms with E-state index in [-0.39, 0.29) is 6.10 Å². The molecule has 17 heavy (non-hydrogen) atoms. The fraction of sp³-hybridized carbons (Fsp3) is 0.600. The van der Waals surface area contributed by atoms with Crippen molar-refractivity contribution in [3.63, 3.8) is 0 Å². The zero-order valence-electron chi connectivity index (χ0n) is 11.5. The van der Waals surface area contributed by atoms with E-state index in [1.807, 2.05) is 0 Å². The normalized spacial score (nSPS) is 13.1. The third-order valence-corrected chi connectivity index (χ3v) is 2.69. The molecule has 0 saturated carbocycles. The van der Waals surface area contributed by atoms with Crippen LogP contribution in [0.25, 0.3) is 0 Å². The fourth-order valence-corrected chi connectivity index (χ4v) is 2.07. The molecule has 0 aromatic heterocycles. The molecule has 1 aromatic rings. The number of hydrogen-bond acceptors (Lipinski definition) is 2. The number of aliphatic hydroxyl groups is 1. The van der Waals surface area contributed by atoms with Gasteiger partial charge in [0.1, 0.15) is 0 Å². The van der Waals surface area contributed by atoms with E-state index < -0.39 is 0 Å². The Morgan fingerprint density at radius 3 is 2.18 bits per heavy atom. The number of benzene rings is 1. The van der Waals surface area contributed by atoms with Crippen molar-refractivity contribution in [2.75, 3.05) is 13.1 Å². The van der Waals surface area contributed by atoms with Crippen LogP contribution in [0.4, 0.5) is 0 Å². The second kappa shape index (κ2) is 6.77. The average Bonchev–Trinajstić information content (AvgIpc) is 2.14. The number of rotatable bonds is 6. The Hall–Kier alpha value is -0.860. The van der Waals surface area contributed by atoms with Gasteiger partial charge in [0.15, 0.2) is 0 Å². The molecule has 0 aliphatic rings. The molecule has 2 nitrogen and oxygen atoms in total. The van der Waals surface area contributed by atoms with E-state index in [0.717, 1.165) is 13.0 Å². The maximum atomic E-state index is 9.93. The lowest BCUT2D eigenvalue weighted by Crippen LogP contribution is -2.30. The Morgan fingerprint density at radius 2 is 1.65 bits per heavy atom. The zero-order valence-corrected chi connectivity index (χ0v) is 11.5. The van der Waals surface area contributed by atoms with Crippen LogP contribution in [0.1, 0.15) is 30.5 Å². The Kier molecular flexibility index (Phi) is 5.66. The van der Waals surface area contributed by atoms with Gasteiger partial charge in [-0.3, -0.25) is 0 Å². The summed E-state index contributed by atoms with van der Waals surface area (Å²) in [6, 6.07) is 6.46. The summed E-state index contributed by atoms with van der Waals surface area (Å²) in [7, 11) is 0. The second-order valence-corrected chi connectivity index (χ2v) is 5.41. The van der Waals surface area contributed by atoms with Crippen molar-refractivity contribution in [2.24, 2.45) is 5.92 Å². The van der Waals surface area contributed by atoms with Crippen LogP contribution in [0, 0.1) is 19.8 Å². The molecule has 1 unspecified atom stereocenters. The standard InChI is InChI=1S/C15H25NO/c1-11(2)9-16-10-15(17)8-14-6-12(3)5-13(4)7-14/h5-7,11,15-17H,8-10H2,1-4H3. The summed E-state index contributed by atoms with van der Waals surface area (Å²) in [5.74, 6) is 0.628. The molecule has 0 fully saturated rings. The number of nitrogens with one attached hydrogen (secondary N) is 1. The molecule has 0 aliphatic heterocycles. The predicted octanol–water partition coefficient (Wildman–Crippen LogP) is 2.45. The van der Waals surface area contributed by atoms with Gasteiger partial charge in [-0.15, -0.1) is 0 Å². The second-order valence-electron chi connectivity index (χ2n) is 5.41. The molecule has 2 heteroatoms. The Balaban J connectivity index is 2.42. The Bertz CT molecular complexity index is 327. The molecular formula is C15H25NO. The maximum absolute atomic E-state index is 9.93. The van der Waals surface area contributed by atoms with Gasteiger partial charge in [-0.2, -0.15) is 0 Å². The smallest absolute Gasteiger partial charge is 0.0704 e. The molecular weight excluding hydrogens is 210 g/mol. The monoisotopic (exact) mass is 235 g/mol. The van der Waals surface area contributed by atoms with Crippen LogP contribution in [-0.4, -0.2) is 24.3 Å². The van der Waals surface area contributed by atoms with Crippen molar-refractivity contribution in [3.05, 3.63) is 34.9 Å². The molecule has 0 heterocycles. The van der Waals surface area contributed by atoms with Crippen LogP contribution < -0.4 is 5.32 Å². The maximum Gasteiger partial charge on any atom is 0.0704 e. The van der Waals surface area contributed by atoms with Gasteiger partial charge in [0.05, 0.1) is 6.10 Å². The van der Waals surface area contributed by atoms with Crippen LogP contribution in [0.15, 0.2) is 18.2 Å². The van der Waals surface area contributed by atoms with Gasteiger partial charge in [0, 0.05) is 6.54 Å². The van der Waals surface area contributed by atoms with E-state index in [2.05, 4.69) is 51.2 Å². The molecule has 2 N–H and O–H groups in total. The summed E-state index contributed by atoms with van der Waals surface area (Å²) in [6.45, 7) is 10.2. The van der Waals surface area contributed by atoms with Crippen molar-refractivity contribution in [1.29, 1.82) is 0 Å². The van der Waals surface area contributed by atoms with Crippen molar-refractivity contribution < 1.29 is 5.11 Å². The van der Waals surface area contributed by atoms with Gasteiger partial charge in [-0.05, 0) is 38.3 Å². The topological polar surface area (TPSA) is 32.3 Å². The summed E-state index contributed by atoms with van der Waals surface area (Å²) in [5, 5.41) is 13.2. The summed E-state index contributed by atoms with van der Waals surface area (Å²) in [6.07, 6.45) is 0.433. The van der Waals surface area contributed by atoms with Gasteiger partial charge in [-0.1, -0.05) is 43.2 Å². The molecule has 0 saturated heterocycles. The van der Waals surface area contributed by atoms with Crippen LogP contribution in [0.5, 0.6) is 0 Å². The highest BCUT2D eigenvalue weighted by atomic mass is 16.3. The van der Waals surface area contributed by atoms with Gasteiger partial charge >= 0.3 is 0 Å². The van der Waals surface area contributed by atoms with Crippen LogP contribution >= 0.6 is 0 Å². The fourth-order valence-electron chi connectivity index (χ4n) is 2.07. The molecule has 0 amide bonds. The highest BCUT2D eigenvalue weighted by Crippen LogP contribution is 2.10. The van der Waals surface area contributed by atoms with Crippen molar-refractivity contribution in [3.8, 4) is 0 Å². The van der Waals surface area contributed by atoms with E-state index >= 15 is 0 Å². The molecule has 96 valence electrons. The Morgan fingerprint density at radius 1 is 1.06 bits per heavy atom. The molecule has 0 radical (unpaired) electrons. The largest absolute Gasteiger partial charge is 0.391 e. The average molecular weight is 235 g/mol. The zero-order chi connectivity index (χ0) is 12.8. The SMILES string of the molecule is Cc1cc(C)cc(CC(O)CNCC(C)C)c1. The van der Waals surface area contributed by atoms with E-state index in [0.29, 0.717) is 12.5 Å². The third kappa shape index (κ3) is 5.85. The first-order chi connectivity index (χ1) is 7.97. The third-order valence-electron chi connectivity index (χ3n) is 2.69. The first-order valence-electron chi connectivity index (χ1n) is 6.43. The van der Waals surface area contributed by atoms with Gasteiger partial charge < -0.3 is 10.4 Å². The van der Waals surface area contributed by atoms with Gasteiger partial charge in [-0.25, -0.2) is 0 Å². The predicted molar refractivity (Wildman–Crippen MR) is 73.3 cm³/mol. The van der Waals surface area contributed by atoms with Crippen LogP contribution in [0.2, 0.25) is 0 Å². The van der Waals surface area contributed by atoms with E-state index in [9.17, 15) is 5.11 Å². The first kappa shape index (κ1) is 14.2. The summed E-state index contributed by atoms with van der Waals surface area (Å²) in [4.78, 5) is 0. The summed E-state index contributed by atoms with van der Waals surface area (Å²) >= 11 is 0. The lowest BCUT2D eigenvalue weighted by atomic mass is 10.0. The molecule has 1 aromatic carbocycles. The minimum absolute atomic E-state index is 0.296. The minimum Gasteiger partial charge on any atom is -0.391 e. The minimum atomic E-state index is -0.296. The highest BCUT2D eigenvalue weighted by molar-refractivity contribution is 5.28. The van der Waals surface area contributed by atoms with Gasteiger partial charge in [0.2, 0.25) is 0 Å². The highest BCUT2D eigenvalue weighted by Gasteiger charge is 2.06. The molecule has 1 atom stereocenters. The molecule has 0 aliphatic carbocycles. The molecule has 0 spiro atoms. The van der Waals surface area contributed by atoms with E-state index in [4.69, 9.17) is 0 Å². The van der Waals surface area contributed by atoms with E-state index in [1.54, 1.807) is 0 Å². The molecule has 0 bridgehead atoms. The summed E-state index contributed by atoms with van der Waals surface area (Å²) < 4.78 is 0. The lowest BCUT2D eigenvalue weighted by molar-refractivity contribution is 0.170. The number of aryl methyl sites for hydroxylation is 2. The van der Waals surface area contributed by atoms with Crippen molar-refractivity contribution in [1.82, 2.24) is 5.32 Å². The quantitative estimate of drug-likeness (QED) is 0.794. The van der Waals surface area contributed by atoms with Crippen molar-refractivity contribution in [2.45, 2.75) is 40.2 Å². The van der Waals surface area contributed by atoms with E-state index in [1.165, 1.54) is 16.7 Å². The van der Waals surface area contributed by atoms with Crippen LogP contribution in [0.3, 0.4) is 0 Å². The Labute approximate surface area is 105 Å². The molecule has 1 rings (SSSR count). The van der Waals surface area contributed by atoms with Crippen LogP contribution in [-0.2, 0) is 6.42 Å². The number of hydrogen-bond donors (Lipinski definition) is 2. The lowest BCUT2D eigenvalue weighted by Gasteiger charge is -2.14. The van der Waals surface area contributed by atoms with Crippen molar-refractivity contribution >= 4 is 0 Å².